The molecule has 0 aromatic heterocycles. The maximum absolute atomic E-state index is 11.5. The molecule has 6 nitrogen and oxygen atoms in total. The Balaban J connectivity index is 1.60. The predicted octanol–water partition coefficient (Wildman–Crippen LogP) is 1.07. The van der Waals surface area contributed by atoms with Crippen LogP contribution in [0.2, 0.25) is 0 Å². The Labute approximate surface area is 123 Å². The Morgan fingerprint density at radius 3 is 2.90 bits per heavy atom. The van der Waals surface area contributed by atoms with E-state index in [-0.39, 0.29) is 24.5 Å². The van der Waals surface area contributed by atoms with Crippen LogP contribution in [0.25, 0.3) is 0 Å². The third kappa shape index (κ3) is 3.00. The lowest BCUT2D eigenvalue weighted by atomic mass is 10.0. The number of urea groups is 1. The van der Waals surface area contributed by atoms with E-state index in [0.29, 0.717) is 13.1 Å². The highest BCUT2D eigenvalue weighted by atomic mass is 16.2. The van der Waals surface area contributed by atoms with Gasteiger partial charge in [0.1, 0.15) is 0 Å². The average molecular weight is 288 g/mol. The van der Waals surface area contributed by atoms with E-state index in [1.165, 1.54) is 16.2 Å². The monoisotopic (exact) mass is 288 g/mol. The van der Waals surface area contributed by atoms with Crippen LogP contribution in [0.15, 0.2) is 24.3 Å². The smallest absolute Gasteiger partial charge is 0.324 e. The number of hydrogen-bond donors (Lipinski definition) is 3. The molecule has 6 heteroatoms. The molecule has 1 aromatic rings. The molecule has 3 N–H and O–H groups in total. The highest BCUT2D eigenvalue weighted by Crippen LogP contribution is 2.28. The quantitative estimate of drug-likeness (QED) is 0.725. The molecule has 1 aromatic carbocycles. The van der Waals surface area contributed by atoms with Gasteiger partial charge in [0.2, 0.25) is 5.91 Å². The van der Waals surface area contributed by atoms with Crippen LogP contribution in [0.3, 0.4) is 0 Å². The van der Waals surface area contributed by atoms with E-state index < -0.39 is 0 Å². The molecule has 3 rings (SSSR count). The number of carbonyl (C=O) groups excluding carboxylic acids is 2. The van der Waals surface area contributed by atoms with Gasteiger partial charge in [-0.3, -0.25) is 9.69 Å². The van der Waals surface area contributed by atoms with Gasteiger partial charge in [-0.25, -0.2) is 4.79 Å². The molecule has 21 heavy (non-hydrogen) atoms. The summed E-state index contributed by atoms with van der Waals surface area (Å²) >= 11 is 0. The zero-order valence-corrected chi connectivity index (χ0v) is 11.9. The highest BCUT2D eigenvalue weighted by Gasteiger charge is 2.28. The fourth-order valence-corrected chi connectivity index (χ4v) is 2.89. The van der Waals surface area contributed by atoms with Gasteiger partial charge < -0.3 is 16.0 Å². The first-order valence-electron chi connectivity index (χ1n) is 7.40. The van der Waals surface area contributed by atoms with E-state index in [9.17, 15) is 9.59 Å². The zero-order chi connectivity index (χ0) is 14.7. The number of anilines is 1. The molecule has 0 bridgehead atoms. The van der Waals surface area contributed by atoms with Crippen LogP contribution in [0.5, 0.6) is 0 Å². The van der Waals surface area contributed by atoms with Gasteiger partial charge in [0.15, 0.2) is 0 Å². The summed E-state index contributed by atoms with van der Waals surface area (Å²) in [5.41, 5.74) is 2.43. The second-order valence-electron chi connectivity index (χ2n) is 5.37. The van der Waals surface area contributed by atoms with E-state index in [0.717, 1.165) is 19.4 Å². The minimum absolute atomic E-state index is 0.120. The summed E-state index contributed by atoms with van der Waals surface area (Å²) in [5, 5.41) is 9.44. The van der Waals surface area contributed by atoms with E-state index in [1.54, 1.807) is 0 Å². The summed E-state index contributed by atoms with van der Waals surface area (Å²) in [6.45, 7) is 2.12. The summed E-state index contributed by atoms with van der Waals surface area (Å²) in [4.78, 5) is 24.3. The highest BCUT2D eigenvalue weighted by molar-refractivity contribution is 6.01. The van der Waals surface area contributed by atoms with Crippen molar-refractivity contribution in [3.63, 3.8) is 0 Å². The zero-order valence-electron chi connectivity index (χ0n) is 11.9. The molecule has 0 spiro atoms. The fraction of sp³-hybridized carbons (Fsp3) is 0.467. The van der Waals surface area contributed by atoms with Crippen molar-refractivity contribution in [1.29, 1.82) is 0 Å². The van der Waals surface area contributed by atoms with Crippen molar-refractivity contribution in [1.82, 2.24) is 15.5 Å². The van der Waals surface area contributed by atoms with Crippen molar-refractivity contribution in [2.45, 2.75) is 18.9 Å². The molecular formula is C15H20N4O2. The van der Waals surface area contributed by atoms with Gasteiger partial charge in [-0.05, 0) is 24.5 Å². The Morgan fingerprint density at radius 2 is 2.10 bits per heavy atom. The van der Waals surface area contributed by atoms with Crippen molar-refractivity contribution < 1.29 is 9.59 Å². The summed E-state index contributed by atoms with van der Waals surface area (Å²) in [7, 11) is 0. The van der Waals surface area contributed by atoms with Gasteiger partial charge in [0.25, 0.3) is 0 Å². The van der Waals surface area contributed by atoms with Gasteiger partial charge in [-0.1, -0.05) is 18.2 Å². The summed E-state index contributed by atoms with van der Waals surface area (Å²) in [6, 6.07) is 8.26. The van der Waals surface area contributed by atoms with Gasteiger partial charge in [0, 0.05) is 31.4 Å². The number of para-hydroxylation sites is 1. The molecule has 0 saturated carbocycles. The number of carbonyl (C=O) groups is 2. The van der Waals surface area contributed by atoms with Gasteiger partial charge in [-0.15, -0.1) is 0 Å². The van der Waals surface area contributed by atoms with Crippen LogP contribution in [-0.4, -0.2) is 43.0 Å². The number of nitrogens with zero attached hydrogens (tertiary/aromatic N) is 1. The second kappa shape index (κ2) is 6.13. The van der Waals surface area contributed by atoms with Crippen LogP contribution in [0.4, 0.5) is 10.5 Å². The molecule has 0 aliphatic carbocycles. The third-order valence-electron chi connectivity index (χ3n) is 3.98. The number of fused-ring (bicyclic) bond motifs is 1. The normalized spacial score (nSPS) is 21.5. The SMILES string of the molecule is O=C1CNC(=O)N1CCN[C@@H]1CCCNc2ccccc21. The number of amides is 3. The number of rotatable bonds is 4. The molecule has 0 unspecified atom stereocenters. The van der Waals surface area contributed by atoms with Crippen LogP contribution in [0.1, 0.15) is 24.4 Å². The topological polar surface area (TPSA) is 73.5 Å². The lowest BCUT2D eigenvalue weighted by Crippen LogP contribution is -2.38. The van der Waals surface area contributed by atoms with Gasteiger partial charge in [-0.2, -0.15) is 0 Å². The first kappa shape index (κ1) is 13.9. The van der Waals surface area contributed by atoms with Crippen LogP contribution in [-0.2, 0) is 4.79 Å². The molecule has 1 fully saturated rings. The van der Waals surface area contributed by atoms with E-state index in [4.69, 9.17) is 0 Å². The van der Waals surface area contributed by atoms with Crippen LogP contribution in [0, 0.1) is 0 Å². The number of benzene rings is 1. The third-order valence-corrected chi connectivity index (χ3v) is 3.98. The average Bonchev–Trinajstić information content (AvgIpc) is 2.72. The lowest BCUT2D eigenvalue weighted by molar-refractivity contribution is -0.124. The first-order valence-corrected chi connectivity index (χ1v) is 7.40. The van der Waals surface area contributed by atoms with Crippen molar-refractivity contribution in [3.8, 4) is 0 Å². The Kier molecular flexibility index (Phi) is 4.06. The summed E-state index contributed by atoms with van der Waals surface area (Å²) in [5.74, 6) is -0.148. The van der Waals surface area contributed by atoms with E-state index in [2.05, 4.69) is 28.1 Å². The number of imide groups is 1. The maximum Gasteiger partial charge on any atom is 0.324 e. The molecule has 1 saturated heterocycles. The van der Waals surface area contributed by atoms with E-state index >= 15 is 0 Å². The number of hydrogen-bond acceptors (Lipinski definition) is 4. The first-order chi connectivity index (χ1) is 10.3. The van der Waals surface area contributed by atoms with Crippen LogP contribution >= 0.6 is 0 Å². The summed E-state index contributed by atoms with van der Waals surface area (Å²) < 4.78 is 0. The molecule has 2 heterocycles. The van der Waals surface area contributed by atoms with Crippen molar-refractivity contribution >= 4 is 17.6 Å². The van der Waals surface area contributed by atoms with Crippen molar-refractivity contribution in [2.24, 2.45) is 0 Å². The van der Waals surface area contributed by atoms with Crippen LogP contribution < -0.4 is 16.0 Å². The minimum atomic E-state index is -0.287. The predicted molar refractivity (Wildman–Crippen MR) is 80.0 cm³/mol. The van der Waals surface area contributed by atoms with Gasteiger partial charge in [0.05, 0.1) is 6.54 Å². The number of nitrogens with one attached hydrogen (secondary N) is 3. The maximum atomic E-state index is 11.5. The molecule has 2 aliphatic heterocycles. The van der Waals surface area contributed by atoms with E-state index in [1.807, 2.05) is 12.1 Å². The molecule has 1 atom stereocenters. The Bertz CT molecular complexity index is 530. The molecule has 2 aliphatic rings. The second-order valence-corrected chi connectivity index (χ2v) is 5.37. The Hall–Kier alpha value is -2.08. The fourth-order valence-electron chi connectivity index (χ4n) is 2.89. The lowest BCUT2D eigenvalue weighted by Gasteiger charge is -2.20. The van der Waals surface area contributed by atoms with Crippen molar-refractivity contribution in [2.75, 3.05) is 31.5 Å². The molecule has 112 valence electrons. The molecule has 3 amide bonds. The molecular weight excluding hydrogens is 268 g/mol. The largest absolute Gasteiger partial charge is 0.385 e. The minimum Gasteiger partial charge on any atom is -0.385 e. The standard InChI is InChI=1S/C15H20N4O2/c20-14-10-18-15(21)19(14)9-8-17-13-6-3-7-16-12-5-2-1-4-11(12)13/h1-2,4-5,13,16-17H,3,6-10H2,(H,18,21)/t13-/m1/s1. The van der Waals surface area contributed by atoms with Crippen molar-refractivity contribution in [3.05, 3.63) is 29.8 Å². The summed E-state index contributed by atoms with van der Waals surface area (Å²) in [6.07, 6.45) is 2.14. The molecule has 0 radical (unpaired) electrons. The van der Waals surface area contributed by atoms with Gasteiger partial charge >= 0.3 is 6.03 Å². The Morgan fingerprint density at radius 1 is 1.24 bits per heavy atom.